The van der Waals surface area contributed by atoms with Crippen LogP contribution >= 0.6 is 0 Å². The van der Waals surface area contributed by atoms with Crippen molar-refractivity contribution in [3.8, 4) is 0 Å². The molecule has 0 aliphatic rings. The number of carbonyl (C=O) groups is 2. The summed E-state index contributed by atoms with van der Waals surface area (Å²) in [4.78, 5) is 24.6. The lowest BCUT2D eigenvalue weighted by atomic mass is 10.0. The molecule has 0 aromatic carbocycles. The van der Waals surface area contributed by atoms with Gasteiger partial charge < -0.3 is 14.6 Å². The Morgan fingerprint density at radius 3 is 0.705 bits per heavy atom. The van der Waals surface area contributed by atoms with Crippen LogP contribution in [0.2, 0.25) is 0 Å². The van der Waals surface area contributed by atoms with Crippen molar-refractivity contribution in [1.82, 2.24) is 0 Å². The summed E-state index contributed by atoms with van der Waals surface area (Å²) >= 11 is 0. The van der Waals surface area contributed by atoms with Crippen molar-refractivity contribution >= 4 is 11.9 Å². The molecule has 1 unspecified atom stereocenters. The Labute approximate surface area is 540 Å². The first-order chi connectivity index (χ1) is 43.6. The summed E-state index contributed by atoms with van der Waals surface area (Å²) in [6.45, 7) is 3.86. The van der Waals surface area contributed by atoms with Gasteiger partial charge in [0.05, 0.1) is 6.61 Å². The zero-order valence-corrected chi connectivity index (χ0v) is 55.6. The van der Waals surface area contributed by atoms with E-state index in [9.17, 15) is 14.7 Å². The minimum atomic E-state index is -0.814. The summed E-state index contributed by atoms with van der Waals surface area (Å²) in [5, 5.41) is 9.69. The van der Waals surface area contributed by atoms with Crippen molar-refractivity contribution in [2.24, 2.45) is 0 Å². The fraction of sp³-hybridized carbons (Fsp3) is 0.494. The van der Waals surface area contributed by atoms with E-state index in [1.54, 1.807) is 0 Å². The highest BCUT2D eigenvalue weighted by Gasteiger charge is 2.16. The average Bonchev–Trinajstić information content (AvgIpc) is 3.56. The van der Waals surface area contributed by atoms with E-state index < -0.39 is 6.10 Å². The molecule has 0 saturated heterocycles. The van der Waals surface area contributed by atoms with Crippen LogP contribution in [0.5, 0.6) is 0 Å². The zero-order chi connectivity index (χ0) is 63.3. The smallest absolute Gasteiger partial charge is 0.306 e. The highest BCUT2D eigenvalue weighted by atomic mass is 16.6. The molecule has 0 bridgehead atoms. The van der Waals surface area contributed by atoms with Gasteiger partial charge in [-0.05, 0) is 167 Å². The van der Waals surface area contributed by atoms with Gasteiger partial charge in [-0.3, -0.25) is 9.59 Å². The average molecular weight is 1200 g/mol. The second kappa shape index (κ2) is 75.0. The molecule has 5 nitrogen and oxygen atoms in total. The van der Waals surface area contributed by atoms with Gasteiger partial charge in [-0.25, -0.2) is 0 Å². The van der Waals surface area contributed by atoms with Crippen LogP contribution in [-0.4, -0.2) is 36.4 Å². The van der Waals surface area contributed by atoms with Crippen LogP contribution in [0.15, 0.2) is 243 Å². The van der Waals surface area contributed by atoms with Crippen LogP contribution in [-0.2, 0) is 19.1 Å². The normalized spacial score (nSPS) is 13.8. The minimum Gasteiger partial charge on any atom is -0.462 e. The molecule has 0 rings (SSSR count). The summed E-state index contributed by atoms with van der Waals surface area (Å²) in [5.41, 5.74) is 0. The third-order valence-corrected chi connectivity index (χ3v) is 13.6. The highest BCUT2D eigenvalue weighted by molar-refractivity contribution is 5.70. The predicted molar refractivity (Wildman–Crippen MR) is 388 cm³/mol. The van der Waals surface area contributed by atoms with E-state index in [1.807, 2.05) is 0 Å². The summed E-state index contributed by atoms with van der Waals surface area (Å²) in [7, 11) is 0. The van der Waals surface area contributed by atoms with Gasteiger partial charge in [0.25, 0.3) is 0 Å². The number of unbranched alkanes of at least 4 members (excludes halogenated alkanes) is 12. The maximum absolute atomic E-state index is 12.4. The molecule has 486 valence electrons. The molecule has 88 heavy (non-hydrogen) atoms. The van der Waals surface area contributed by atoms with Gasteiger partial charge in [0.1, 0.15) is 6.61 Å². The van der Waals surface area contributed by atoms with Gasteiger partial charge in [-0.1, -0.05) is 308 Å². The molecule has 1 atom stereocenters. The molecular formula is C83H124O5. The third kappa shape index (κ3) is 72.2. The minimum absolute atomic E-state index is 0.107. The molecule has 0 aromatic heterocycles. The zero-order valence-electron chi connectivity index (χ0n) is 55.6. The largest absolute Gasteiger partial charge is 0.462 e. The molecule has 0 aromatic rings. The van der Waals surface area contributed by atoms with E-state index >= 15 is 0 Å². The Morgan fingerprint density at radius 2 is 0.455 bits per heavy atom. The fourth-order valence-electron chi connectivity index (χ4n) is 8.55. The quantitative estimate of drug-likeness (QED) is 0.0373. The lowest BCUT2D eigenvalue weighted by molar-refractivity contribution is -0.161. The standard InChI is InChI=1S/C83H124O5/c1-3-5-7-9-11-13-15-17-19-21-23-25-27-29-31-33-35-37-38-39-40-41-42-43-44-46-48-50-52-54-56-58-60-62-64-66-68-70-72-74-76-78-83(86)88-81(79-84)80-87-82(85)77-75-73-71-69-67-65-63-61-59-57-55-53-51-49-47-45-36-34-32-30-28-26-24-22-20-18-16-14-12-10-8-6-4-2/h5-8,11-14,17-20,23-26,29-32,35-37,39-40,42-43,45-46,48-49,51-52,54-55,57,61,63,67,69,81,84H,3-4,9-10,15-16,21-22,27-28,33-34,38,41,44,47,50,53,56,58-60,62,64-66,68,70-80H2,1-2H3/b7-5-,8-6-,13-11-,14-12-,19-17-,20-18-,25-23-,26-24-,31-29-,32-30-,37-35-,40-39-,43-42-,45-36-,48-46-,51-49-,54-52-,57-55-,63-61-,69-67-. The van der Waals surface area contributed by atoms with Crippen molar-refractivity contribution in [1.29, 1.82) is 0 Å². The molecule has 0 heterocycles. The third-order valence-electron chi connectivity index (χ3n) is 13.6. The lowest BCUT2D eigenvalue weighted by Gasteiger charge is -2.15. The van der Waals surface area contributed by atoms with E-state index in [0.717, 1.165) is 173 Å². The van der Waals surface area contributed by atoms with Crippen LogP contribution in [0.25, 0.3) is 0 Å². The van der Waals surface area contributed by atoms with Crippen molar-refractivity contribution in [3.63, 3.8) is 0 Å². The van der Waals surface area contributed by atoms with E-state index in [1.165, 1.54) is 44.9 Å². The second-order valence-corrected chi connectivity index (χ2v) is 21.8. The molecule has 0 aliphatic carbocycles. The molecular weight excluding hydrogens is 1080 g/mol. The summed E-state index contributed by atoms with van der Waals surface area (Å²) in [6, 6.07) is 0. The Kier molecular flexibility index (Phi) is 69.6. The number of aliphatic hydroxyl groups is 1. The SMILES string of the molecule is CC/C=C\C/C=C\C/C=C\C/C=C\C/C=C\C/C=C\C/C=C\C/C=C\C/C=C\C/C=C\CCCCCCCCCCCCC(=O)OC(CO)COC(=O)CCCC/C=C\C/C=C\C/C=C\C/C=C\C/C=C\C/C=C\C/C=C\C/C=C\C/C=C\C/C=C\CC. The Hall–Kier alpha value is -6.30. The molecule has 0 radical (unpaired) electrons. The Balaban J connectivity index is 3.68. The van der Waals surface area contributed by atoms with Crippen molar-refractivity contribution in [3.05, 3.63) is 243 Å². The van der Waals surface area contributed by atoms with Crippen molar-refractivity contribution in [2.45, 2.75) is 251 Å². The fourth-order valence-corrected chi connectivity index (χ4v) is 8.55. The van der Waals surface area contributed by atoms with Crippen molar-refractivity contribution < 1.29 is 24.2 Å². The van der Waals surface area contributed by atoms with Crippen LogP contribution in [0.4, 0.5) is 0 Å². The van der Waals surface area contributed by atoms with E-state index in [4.69, 9.17) is 9.47 Å². The molecule has 0 spiro atoms. The molecule has 1 N–H and O–H groups in total. The molecule has 0 aliphatic heterocycles. The number of ether oxygens (including phenoxy) is 2. The summed E-state index contributed by atoms with van der Waals surface area (Å²) in [5.74, 6) is -0.665. The number of carbonyl (C=O) groups excluding carboxylic acids is 2. The monoisotopic (exact) mass is 1200 g/mol. The molecule has 5 heteroatoms. The van der Waals surface area contributed by atoms with Crippen LogP contribution in [0.3, 0.4) is 0 Å². The van der Waals surface area contributed by atoms with Gasteiger partial charge in [0, 0.05) is 12.8 Å². The van der Waals surface area contributed by atoms with E-state index in [2.05, 4.69) is 257 Å². The van der Waals surface area contributed by atoms with Gasteiger partial charge in [0.15, 0.2) is 6.10 Å². The maximum Gasteiger partial charge on any atom is 0.306 e. The van der Waals surface area contributed by atoms with Gasteiger partial charge in [-0.2, -0.15) is 0 Å². The topological polar surface area (TPSA) is 72.8 Å². The van der Waals surface area contributed by atoms with Crippen molar-refractivity contribution in [2.75, 3.05) is 13.2 Å². The highest BCUT2D eigenvalue weighted by Crippen LogP contribution is 2.14. The first kappa shape index (κ1) is 81.7. The number of rotatable bonds is 60. The molecule has 0 amide bonds. The van der Waals surface area contributed by atoms with Gasteiger partial charge in [0.2, 0.25) is 0 Å². The Bertz CT molecular complexity index is 2200. The van der Waals surface area contributed by atoms with E-state index in [-0.39, 0.29) is 25.2 Å². The van der Waals surface area contributed by atoms with Gasteiger partial charge in [-0.15, -0.1) is 0 Å². The van der Waals surface area contributed by atoms with Gasteiger partial charge >= 0.3 is 11.9 Å². The number of esters is 2. The van der Waals surface area contributed by atoms with E-state index in [0.29, 0.717) is 12.8 Å². The number of hydrogen-bond acceptors (Lipinski definition) is 5. The Morgan fingerprint density at radius 1 is 0.261 bits per heavy atom. The van der Waals surface area contributed by atoms with Crippen LogP contribution in [0.1, 0.15) is 245 Å². The number of hydrogen-bond donors (Lipinski definition) is 1. The summed E-state index contributed by atoms with van der Waals surface area (Å²) in [6.07, 6.45) is 124. The van der Waals surface area contributed by atoms with Crippen LogP contribution < -0.4 is 0 Å². The summed E-state index contributed by atoms with van der Waals surface area (Å²) < 4.78 is 10.7. The predicted octanol–water partition coefficient (Wildman–Crippen LogP) is 24.6. The lowest BCUT2D eigenvalue weighted by Crippen LogP contribution is -2.28. The number of aliphatic hydroxyl groups excluding tert-OH is 1. The number of allylic oxidation sites excluding steroid dienone is 40. The molecule has 0 fully saturated rings. The first-order valence-electron chi connectivity index (χ1n) is 34.6. The first-order valence-corrected chi connectivity index (χ1v) is 34.6. The molecule has 0 saturated carbocycles. The maximum atomic E-state index is 12.4. The second-order valence-electron chi connectivity index (χ2n) is 21.8. The van der Waals surface area contributed by atoms with Crippen LogP contribution in [0, 0.1) is 0 Å².